The molecule has 0 fully saturated rings. The maximum Gasteiger partial charge on any atom is 0.248 e. The number of nitrogens with one attached hydrogen (secondary N) is 2. The number of amides is 1. The number of hydrogen-bond acceptors (Lipinski definition) is 7. The molecule has 0 saturated carbocycles. The van der Waals surface area contributed by atoms with E-state index in [4.69, 9.17) is 15.9 Å². The Kier molecular flexibility index (Phi) is 8.36. The average molecular weight is 446 g/mol. The molecular weight excluding hydrogens is 418 g/mol. The van der Waals surface area contributed by atoms with E-state index in [1.165, 1.54) is 12.4 Å². The highest BCUT2D eigenvalue weighted by Gasteiger charge is 2.13. The Labute approximate surface area is 193 Å². The number of terminal acetylenes is 1. The third kappa shape index (κ3) is 6.77. The summed E-state index contributed by atoms with van der Waals surface area (Å²) in [7, 11) is 5.46. The van der Waals surface area contributed by atoms with E-state index < -0.39 is 0 Å². The smallest absolute Gasteiger partial charge is 0.248 e. The van der Waals surface area contributed by atoms with Gasteiger partial charge in [0.05, 0.1) is 17.8 Å². The molecule has 0 spiro atoms. The predicted octanol–water partition coefficient (Wildman–Crippen LogP) is 3.44. The van der Waals surface area contributed by atoms with Gasteiger partial charge in [-0.3, -0.25) is 4.79 Å². The fourth-order valence-electron chi connectivity index (χ4n) is 3.00. The zero-order chi connectivity index (χ0) is 23.6. The standard InChI is InChI=1S/C25H27N5O3/c1-5-18-8-6-9-19(14-18)28-25-20-15-22(29-24(31)10-7-11-30(2)3)23(33-13-12-32-4)16-21(20)26-17-27-25/h1,6-10,14-17H,11-13H2,2-4H3,(H,29,31)(H,26,27,28). The first-order valence-corrected chi connectivity index (χ1v) is 10.4. The number of nitrogens with zero attached hydrogens (tertiary/aromatic N) is 3. The van der Waals surface area contributed by atoms with E-state index in [1.807, 2.05) is 43.3 Å². The number of hydrogen-bond donors (Lipinski definition) is 2. The molecule has 1 amide bonds. The maximum absolute atomic E-state index is 12.5. The summed E-state index contributed by atoms with van der Waals surface area (Å²) in [5, 5.41) is 6.89. The van der Waals surface area contributed by atoms with Gasteiger partial charge in [0.2, 0.25) is 5.91 Å². The number of carbonyl (C=O) groups is 1. The number of aromatic nitrogens is 2. The van der Waals surface area contributed by atoms with E-state index in [1.54, 1.807) is 25.3 Å². The molecule has 33 heavy (non-hydrogen) atoms. The van der Waals surface area contributed by atoms with Gasteiger partial charge in [-0.25, -0.2) is 9.97 Å². The van der Waals surface area contributed by atoms with Crippen LogP contribution in [0.25, 0.3) is 10.9 Å². The molecule has 3 rings (SSSR count). The van der Waals surface area contributed by atoms with Crippen LogP contribution in [0.5, 0.6) is 5.75 Å². The van der Waals surface area contributed by atoms with Gasteiger partial charge in [0.1, 0.15) is 24.5 Å². The first-order chi connectivity index (χ1) is 16.0. The first kappa shape index (κ1) is 23.7. The largest absolute Gasteiger partial charge is 0.489 e. The number of ether oxygens (including phenoxy) is 2. The zero-order valence-corrected chi connectivity index (χ0v) is 19.0. The Bertz CT molecular complexity index is 1180. The SMILES string of the molecule is C#Cc1cccc(Nc2ncnc3cc(OCCOC)c(NC(=O)C=CCN(C)C)cc23)c1. The molecule has 0 radical (unpaired) electrons. The molecule has 8 nitrogen and oxygen atoms in total. The Morgan fingerprint density at radius 3 is 2.82 bits per heavy atom. The van der Waals surface area contributed by atoms with E-state index >= 15 is 0 Å². The van der Waals surface area contributed by atoms with Crippen LogP contribution in [0, 0.1) is 12.3 Å². The highest BCUT2D eigenvalue weighted by atomic mass is 16.5. The number of methoxy groups -OCH3 is 1. The van der Waals surface area contributed by atoms with Crippen molar-refractivity contribution >= 4 is 34.0 Å². The van der Waals surface area contributed by atoms with E-state index in [9.17, 15) is 4.79 Å². The Hall–Kier alpha value is -3.93. The highest BCUT2D eigenvalue weighted by molar-refractivity contribution is 6.03. The van der Waals surface area contributed by atoms with Gasteiger partial charge < -0.3 is 25.0 Å². The van der Waals surface area contributed by atoms with Gasteiger partial charge in [-0.1, -0.05) is 18.1 Å². The quantitative estimate of drug-likeness (QED) is 0.281. The normalized spacial score (nSPS) is 11.0. The van der Waals surface area contributed by atoms with Crippen molar-refractivity contribution in [1.82, 2.24) is 14.9 Å². The molecule has 0 aliphatic rings. The second kappa shape index (κ2) is 11.6. The van der Waals surface area contributed by atoms with E-state index in [0.29, 0.717) is 42.5 Å². The lowest BCUT2D eigenvalue weighted by Crippen LogP contribution is -2.14. The summed E-state index contributed by atoms with van der Waals surface area (Å²) in [5.74, 6) is 3.43. The molecule has 0 bridgehead atoms. The summed E-state index contributed by atoms with van der Waals surface area (Å²) in [5.41, 5.74) is 2.72. The Morgan fingerprint density at radius 2 is 2.06 bits per heavy atom. The lowest BCUT2D eigenvalue weighted by molar-refractivity contribution is -0.111. The van der Waals surface area contributed by atoms with E-state index in [2.05, 4.69) is 26.5 Å². The van der Waals surface area contributed by atoms with E-state index in [-0.39, 0.29) is 5.91 Å². The van der Waals surface area contributed by atoms with Crippen LogP contribution in [0.15, 0.2) is 54.9 Å². The molecule has 1 aromatic heterocycles. The summed E-state index contributed by atoms with van der Waals surface area (Å²) in [6.45, 7) is 1.40. The van der Waals surface area contributed by atoms with Crippen molar-refractivity contribution in [2.75, 3.05) is 51.6 Å². The molecule has 0 saturated heterocycles. The van der Waals surface area contributed by atoms with Gasteiger partial charge in [0.15, 0.2) is 0 Å². The van der Waals surface area contributed by atoms with Crippen molar-refractivity contribution in [3.05, 3.63) is 60.4 Å². The van der Waals surface area contributed by atoms with Crippen LogP contribution in [-0.2, 0) is 9.53 Å². The van der Waals surface area contributed by atoms with Crippen LogP contribution in [0.3, 0.4) is 0 Å². The molecule has 0 atom stereocenters. The number of benzene rings is 2. The number of anilines is 3. The van der Waals surface area contributed by atoms with Gasteiger partial charge in [0.25, 0.3) is 0 Å². The first-order valence-electron chi connectivity index (χ1n) is 10.4. The monoisotopic (exact) mass is 445 g/mol. The zero-order valence-electron chi connectivity index (χ0n) is 19.0. The predicted molar refractivity (Wildman–Crippen MR) is 131 cm³/mol. The van der Waals surface area contributed by atoms with Crippen molar-refractivity contribution < 1.29 is 14.3 Å². The fourth-order valence-corrected chi connectivity index (χ4v) is 3.00. The third-order valence-corrected chi connectivity index (χ3v) is 4.57. The minimum absolute atomic E-state index is 0.263. The molecular formula is C25H27N5O3. The van der Waals surface area contributed by atoms with Crippen LogP contribution in [0.4, 0.5) is 17.2 Å². The third-order valence-electron chi connectivity index (χ3n) is 4.57. The van der Waals surface area contributed by atoms with Gasteiger partial charge in [-0.15, -0.1) is 6.42 Å². The Balaban J connectivity index is 1.96. The minimum Gasteiger partial charge on any atom is -0.489 e. The molecule has 3 aromatic rings. The second-order valence-electron chi connectivity index (χ2n) is 7.43. The van der Waals surface area contributed by atoms with Crippen LogP contribution in [0.2, 0.25) is 0 Å². The number of rotatable bonds is 10. The summed E-state index contributed by atoms with van der Waals surface area (Å²) in [4.78, 5) is 23.2. The summed E-state index contributed by atoms with van der Waals surface area (Å²) in [6, 6.07) is 11.0. The van der Waals surface area contributed by atoms with Crippen molar-refractivity contribution in [3.8, 4) is 18.1 Å². The lowest BCUT2D eigenvalue weighted by Gasteiger charge is -2.15. The molecule has 2 N–H and O–H groups in total. The molecule has 2 aromatic carbocycles. The van der Waals surface area contributed by atoms with Crippen molar-refractivity contribution in [2.24, 2.45) is 0 Å². The van der Waals surface area contributed by atoms with Crippen LogP contribution in [-0.4, -0.2) is 61.7 Å². The number of likely N-dealkylation sites (N-methyl/N-ethyl adjacent to an activating group) is 1. The topological polar surface area (TPSA) is 88.6 Å². The van der Waals surface area contributed by atoms with Gasteiger partial charge in [0, 0.05) is 42.4 Å². The molecule has 0 aliphatic heterocycles. The van der Waals surface area contributed by atoms with Crippen LogP contribution in [0.1, 0.15) is 5.56 Å². The summed E-state index contributed by atoms with van der Waals surface area (Å²) in [6.07, 6.45) is 10.3. The van der Waals surface area contributed by atoms with Gasteiger partial charge >= 0.3 is 0 Å². The fraction of sp³-hybridized carbons (Fsp3) is 0.240. The van der Waals surface area contributed by atoms with Crippen molar-refractivity contribution in [1.29, 1.82) is 0 Å². The number of fused-ring (bicyclic) bond motifs is 1. The lowest BCUT2D eigenvalue weighted by atomic mass is 10.1. The van der Waals surface area contributed by atoms with E-state index in [0.717, 1.165) is 16.6 Å². The maximum atomic E-state index is 12.5. The molecule has 8 heteroatoms. The molecule has 170 valence electrons. The van der Waals surface area contributed by atoms with Crippen molar-refractivity contribution in [2.45, 2.75) is 0 Å². The average Bonchev–Trinajstić information content (AvgIpc) is 2.80. The summed E-state index contributed by atoms with van der Waals surface area (Å²) >= 11 is 0. The highest BCUT2D eigenvalue weighted by Crippen LogP contribution is 2.33. The number of carbonyl (C=O) groups excluding carboxylic acids is 1. The second-order valence-corrected chi connectivity index (χ2v) is 7.43. The Morgan fingerprint density at radius 1 is 1.21 bits per heavy atom. The van der Waals surface area contributed by atoms with Gasteiger partial charge in [-0.05, 0) is 38.4 Å². The molecule has 0 unspecified atom stereocenters. The van der Waals surface area contributed by atoms with Gasteiger partial charge in [-0.2, -0.15) is 0 Å². The van der Waals surface area contributed by atoms with Crippen LogP contribution >= 0.6 is 0 Å². The van der Waals surface area contributed by atoms with Crippen molar-refractivity contribution in [3.63, 3.8) is 0 Å². The molecule has 0 aliphatic carbocycles. The minimum atomic E-state index is -0.263. The van der Waals surface area contributed by atoms with Crippen LogP contribution < -0.4 is 15.4 Å². The molecule has 1 heterocycles. The summed E-state index contributed by atoms with van der Waals surface area (Å²) < 4.78 is 10.9.